The van der Waals surface area contributed by atoms with Gasteiger partial charge in [0.2, 0.25) is 0 Å². The third-order valence-corrected chi connectivity index (χ3v) is 1.49. The van der Waals surface area contributed by atoms with Crippen LogP contribution in [-0.2, 0) is 4.74 Å². The average molecular weight is 213 g/mol. The Bertz CT molecular complexity index is 316. The monoisotopic (exact) mass is 213 g/mol. The number of hydrogen-bond acceptors (Lipinski definition) is 5. The van der Waals surface area contributed by atoms with Gasteiger partial charge in [0, 0.05) is 0 Å². The summed E-state index contributed by atoms with van der Waals surface area (Å²) in [4.78, 5) is 11.3. The van der Waals surface area contributed by atoms with E-state index in [-0.39, 0.29) is 6.17 Å². The van der Waals surface area contributed by atoms with Gasteiger partial charge in [-0.3, -0.25) is 5.32 Å². The van der Waals surface area contributed by atoms with Crippen molar-refractivity contribution in [3.05, 3.63) is 6.33 Å². The third kappa shape index (κ3) is 3.92. The van der Waals surface area contributed by atoms with Crippen LogP contribution >= 0.6 is 0 Å². The Morgan fingerprint density at radius 3 is 2.67 bits per heavy atom. The van der Waals surface area contributed by atoms with Crippen LogP contribution in [0.4, 0.5) is 4.79 Å². The lowest BCUT2D eigenvalue weighted by Crippen LogP contribution is -2.36. The van der Waals surface area contributed by atoms with Gasteiger partial charge in [-0.2, -0.15) is 0 Å². The van der Waals surface area contributed by atoms with E-state index in [0.717, 1.165) is 0 Å². The highest BCUT2D eigenvalue weighted by atomic mass is 16.6. The van der Waals surface area contributed by atoms with Gasteiger partial charge in [0.25, 0.3) is 0 Å². The molecular weight excluding hydrogens is 198 g/mol. The number of aromatic nitrogens is 4. The minimum Gasteiger partial charge on any atom is -0.444 e. The van der Waals surface area contributed by atoms with Crippen LogP contribution in [-0.4, -0.2) is 31.9 Å². The van der Waals surface area contributed by atoms with E-state index in [9.17, 15) is 4.79 Å². The van der Waals surface area contributed by atoms with E-state index in [4.69, 9.17) is 4.74 Å². The molecule has 1 heterocycles. The van der Waals surface area contributed by atoms with Crippen molar-refractivity contribution in [3.63, 3.8) is 0 Å². The molecule has 1 N–H and O–H groups in total. The van der Waals surface area contributed by atoms with E-state index in [0.29, 0.717) is 0 Å². The number of amides is 1. The van der Waals surface area contributed by atoms with Gasteiger partial charge in [-0.1, -0.05) is 0 Å². The summed E-state index contributed by atoms with van der Waals surface area (Å²) in [7, 11) is 0. The van der Waals surface area contributed by atoms with Gasteiger partial charge in [-0.15, -0.1) is 5.10 Å². The van der Waals surface area contributed by atoms with E-state index < -0.39 is 11.7 Å². The molecule has 1 amide bonds. The minimum absolute atomic E-state index is 0.338. The topological polar surface area (TPSA) is 81.9 Å². The maximum absolute atomic E-state index is 11.3. The van der Waals surface area contributed by atoms with Crippen LogP contribution in [0.3, 0.4) is 0 Å². The lowest BCUT2D eigenvalue weighted by Gasteiger charge is -2.21. The van der Waals surface area contributed by atoms with Gasteiger partial charge in [-0.05, 0) is 38.1 Å². The van der Waals surface area contributed by atoms with E-state index in [2.05, 4.69) is 20.8 Å². The zero-order valence-electron chi connectivity index (χ0n) is 9.26. The SMILES string of the molecule is CC(NC(=O)OC(C)(C)C)n1cnnn1. The van der Waals surface area contributed by atoms with E-state index >= 15 is 0 Å². The molecule has 84 valence electrons. The van der Waals surface area contributed by atoms with E-state index in [1.807, 2.05) is 0 Å². The normalized spacial score (nSPS) is 13.3. The second-order valence-corrected chi connectivity index (χ2v) is 4.11. The highest BCUT2D eigenvalue weighted by Crippen LogP contribution is 2.07. The van der Waals surface area contributed by atoms with Crippen molar-refractivity contribution < 1.29 is 9.53 Å². The summed E-state index contributed by atoms with van der Waals surface area (Å²) in [6.07, 6.45) is 0.586. The Balaban J connectivity index is 2.45. The van der Waals surface area contributed by atoms with Crippen LogP contribution in [0.25, 0.3) is 0 Å². The summed E-state index contributed by atoms with van der Waals surface area (Å²) in [6.45, 7) is 7.15. The lowest BCUT2D eigenvalue weighted by atomic mass is 10.2. The second-order valence-electron chi connectivity index (χ2n) is 4.11. The minimum atomic E-state index is -0.510. The van der Waals surface area contributed by atoms with Gasteiger partial charge < -0.3 is 4.74 Å². The molecule has 0 saturated heterocycles. The molecule has 0 spiro atoms. The van der Waals surface area contributed by atoms with Crippen LogP contribution in [0.15, 0.2) is 6.33 Å². The fraction of sp³-hybridized carbons (Fsp3) is 0.750. The molecule has 0 fully saturated rings. The van der Waals surface area contributed by atoms with E-state index in [1.54, 1.807) is 27.7 Å². The molecule has 0 aliphatic rings. The fourth-order valence-corrected chi connectivity index (χ4v) is 0.890. The molecule has 0 bridgehead atoms. The summed E-state index contributed by atoms with van der Waals surface area (Å²) in [5.41, 5.74) is -0.510. The standard InChI is InChI=1S/C8H15N5O2/c1-6(13-5-9-11-12-13)10-7(14)15-8(2,3)4/h5-6H,1-4H3,(H,10,14). The van der Waals surface area contributed by atoms with E-state index in [1.165, 1.54) is 11.0 Å². The number of nitrogens with one attached hydrogen (secondary N) is 1. The largest absolute Gasteiger partial charge is 0.444 e. The number of rotatable bonds is 2. The molecule has 0 aliphatic heterocycles. The van der Waals surface area contributed by atoms with Gasteiger partial charge in [0.1, 0.15) is 18.1 Å². The number of carbonyl (C=O) groups excluding carboxylic acids is 1. The highest BCUT2D eigenvalue weighted by Gasteiger charge is 2.18. The van der Waals surface area contributed by atoms with Crippen LogP contribution in [0.1, 0.15) is 33.9 Å². The molecule has 7 nitrogen and oxygen atoms in total. The zero-order valence-corrected chi connectivity index (χ0v) is 9.26. The van der Waals surface area contributed by atoms with Crippen molar-refractivity contribution in [2.24, 2.45) is 0 Å². The summed E-state index contributed by atoms with van der Waals surface area (Å²) >= 11 is 0. The smallest absolute Gasteiger partial charge is 0.409 e. The number of carbonyl (C=O) groups is 1. The predicted octanol–water partition coefficient (Wildman–Crippen LogP) is 0.716. The molecular formula is C8H15N5O2. The summed E-state index contributed by atoms with van der Waals surface area (Å²) in [5, 5.41) is 13.2. The first-order valence-corrected chi connectivity index (χ1v) is 4.60. The molecule has 7 heteroatoms. The Hall–Kier alpha value is -1.66. The Labute approximate surface area is 87.8 Å². The Morgan fingerprint density at radius 2 is 2.20 bits per heavy atom. The van der Waals surface area contributed by atoms with Crippen LogP contribution in [0.5, 0.6) is 0 Å². The van der Waals surface area contributed by atoms with Gasteiger partial charge in [0.05, 0.1) is 0 Å². The molecule has 0 aliphatic carbocycles. The summed E-state index contributed by atoms with van der Waals surface area (Å²) in [5.74, 6) is 0. The van der Waals surface area contributed by atoms with Gasteiger partial charge in [0.15, 0.2) is 0 Å². The van der Waals surface area contributed by atoms with Crippen molar-refractivity contribution in [1.29, 1.82) is 0 Å². The predicted molar refractivity (Wildman–Crippen MR) is 51.9 cm³/mol. The van der Waals surface area contributed by atoms with Crippen molar-refractivity contribution >= 4 is 6.09 Å². The number of nitrogens with zero attached hydrogens (tertiary/aromatic N) is 4. The Morgan fingerprint density at radius 1 is 1.53 bits per heavy atom. The number of ether oxygens (including phenoxy) is 1. The van der Waals surface area contributed by atoms with Gasteiger partial charge in [-0.25, -0.2) is 9.48 Å². The first kappa shape index (κ1) is 11.4. The number of hydrogen-bond donors (Lipinski definition) is 1. The molecule has 1 atom stereocenters. The molecule has 15 heavy (non-hydrogen) atoms. The van der Waals surface area contributed by atoms with Crippen molar-refractivity contribution in [2.75, 3.05) is 0 Å². The lowest BCUT2D eigenvalue weighted by molar-refractivity contribution is 0.0483. The van der Waals surface area contributed by atoms with Crippen molar-refractivity contribution in [2.45, 2.75) is 39.5 Å². The third-order valence-electron chi connectivity index (χ3n) is 1.49. The fourth-order valence-electron chi connectivity index (χ4n) is 0.890. The van der Waals surface area contributed by atoms with Gasteiger partial charge >= 0.3 is 6.09 Å². The van der Waals surface area contributed by atoms with Crippen molar-refractivity contribution in [1.82, 2.24) is 25.5 Å². The summed E-state index contributed by atoms with van der Waals surface area (Å²) in [6, 6.07) is 0. The molecule has 0 aromatic carbocycles. The van der Waals surface area contributed by atoms with Crippen LogP contribution in [0, 0.1) is 0 Å². The maximum atomic E-state index is 11.3. The molecule has 1 rings (SSSR count). The first-order valence-electron chi connectivity index (χ1n) is 4.60. The first-order chi connectivity index (χ1) is 6.88. The quantitative estimate of drug-likeness (QED) is 0.782. The molecule has 0 saturated carbocycles. The molecule has 0 radical (unpaired) electrons. The van der Waals surface area contributed by atoms with Crippen molar-refractivity contribution in [3.8, 4) is 0 Å². The van der Waals surface area contributed by atoms with Crippen LogP contribution < -0.4 is 5.32 Å². The number of alkyl carbamates (subject to hydrolysis) is 1. The molecule has 1 aromatic rings. The van der Waals surface area contributed by atoms with Crippen LogP contribution in [0.2, 0.25) is 0 Å². The summed E-state index contributed by atoms with van der Waals surface area (Å²) < 4.78 is 6.49. The maximum Gasteiger partial charge on any atom is 0.409 e. The zero-order chi connectivity index (χ0) is 11.5. The molecule has 1 aromatic heterocycles. The second kappa shape index (κ2) is 4.24. The average Bonchev–Trinajstić information content (AvgIpc) is 2.50. The Kier molecular flexibility index (Phi) is 3.23. The molecule has 1 unspecified atom stereocenters. The number of tetrazole rings is 1. The highest BCUT2D eigenvalue weighted by molar-refractivity contribution is 5.67.